The molecule has 0 spiro atoms. The van der Waals surface area contributed by atoms with E-state index in [-0.39, 0.29) is 8.41 Å². The van der Waals surface area contributed by atoms with Crippen molar-refractivity contribution in [3.05, 3.63) is 0 Å². The molecule has 1 nitrogen and oxygen atoms in total. The lowest BCUT2D eigenvalue weighted by Crippen LogP contribution is -2.22. The van der Waals surface area contributed by atoms with Crippen LogP contribution in [-0.4, -0.2) is 14.5 Å². The lowest BCUT2D eigenvalue weighted by atomic mass is 9.97. The Morgan fingerprint density at radius 1 is 1.00 bits per heavy atom. The van der Waals surface area contributed by atoms with Crippen LogP contribution < -0.4 is 5.73 Å². The predicted octanol–water partition coefficient (Wildman–Crippen LogP) is 0.897. The van der Waals surface area contributed by atoms with Crippen LogP contribution in [0.15, 0.2) is 0 Å². The fraction of sp³-hybridized carbons (Fsp3) is 1.00. The second kappa shape index (κ2) is 3.96. The van der Waals surface area contributed by atoms with Crippen LogP contribution in [0.25, 0.3) is 0 Å². The molecule has 0 aromatic carbocycles. The highest BCUT2D eigenvalue weighted by Gasteiger charge is 2.06. The maximum Gasteiger partial charge on any atom is 0.00388 e. The van der Waals surface area contributed by atoms with Gasteiger partial charge in [0.25, 0.3) is 0 Å². The zero-order valence-corrected chi connectivity index (χ0v) is 5.27. The van der Waals surface area contributed by atoms with Crippen LogP contribution in [-0.2, 0) is 0 Å². The summed E-state index contributed by atoms with van der Waals surface area (Å²) in [4.78, 5) is 0. The predicted molar refractivity (Wildman–Crippen MR) is 36.8 cm³/mol. The Morgan fingerprint density at radius 3 is 1.75 bits per heavy atom. The van der Waals surface area contributed by atoms with Crippen molar-refractivity contribution in [2.75, 3.05) is 0 Å². The Morgan fingerprint density at radius 2 is 1.50 bits per heavy atom. The Hall–Kier alpha value is 0.0249. The van der Waals surface area contributed by atoms with Crippen molar-refractivity contribution in [1.29, 1.82) is 0 Å². The van der Waals surface area contributed by atoms with E-state index in [9.17, 15) is 0 Å². The fourth-order valence-electron chi connectivity index (χ4n) is 1.13. The van der Waals surface area contributed by atoms with Crippen molar-refractivity contribution in [2.24, 2.45) is 5.73 Å². The highest BCUT2D eigenvalue weighted by Crippen LogP contribution is 2.14. The Labute approximate surface area is 53.2 Å². The largest absolute Gasteiger partial charge is 0.328 e. The molecule has 3 radical (unpaired) electrons. The van der Waals surface area contributed by atoms with Crippen LogP contribution in [0.1, 0.15) is 32.1 Å². The average Bonchev–Trinajstić information content (AvgIpc) is 1.69. The van der Waals surface area contributed by atoms with E-state index in [0.717, 1.165) is 0 Å². The first-order valence-electron chi connectivity index (χ1n) is 3.15. The van der Waals surface area contributed by atoms with Crippen LogP contribution in [0.4, 0.5) is 0 Å². The van der Waals surface area contributed by atoms with Gasteiger partial charge in [0.05, 0.1) is 0 Å². The fourth-order valence-corrected chi connectivity index (χ4v) is 1.13. The lowest BCUT2D eigenvalue weighted by molar-refractivity contribution is 0.441. The van der Waals surface area contributed by atoms with Gasteiger partial charge in [-0.3, -0.25) is 0 Å². The molecular formula is C6H13BN. The summed E-state index contributed by atoms with van der Waals surface area (Å²) in [5.74, 6) is 0. The number of hydrogen-bond donors (Lipinski definition) is 1. The van der Waals surface area contributed by atoms with E-state index < -0.39 is 0 Å². The molecule has 0 heterocycles. The molecule has 2 heteroatoms. The van der Waals surface area contributed by atoms with E-state index in [4.69, 9.17) is 5.73 Å². The molecule has 2 N–H and O–H groups in total. The molecule has 0 unspecified atom stereocenters. The molecule has 1 rings (SSSR count). The summed E-state index contributed by atoms with van der Waals surface area (Å²) in [7, 11) is 0. The minimum atomic E-state index is 0. The standard InChI is InChI=1S/C6H13N.B/c7-6-4-2-1-3-5-6;/h6H,1-5,7H2;. The van der Waals surface area contributed by atoms with E-state index in [2.05, 4.69) is 0 Å². The number of nitrogens with two attached hydrogens (primary N) is 1. The van der Waals surface area contributed by atoms with Gasteiger partial charge in [0.1, 0.15) is 0 Å². The van der Waals surface area contributed by atoms with Crippen LogP contribution >= 0.6 is 0 Å². The summed E-state index contributed by atoms with van der Waals surface area (Å²) in [6, 6.07) is 0.536. The molecule has 1 aliphatic carbocycles. The zero-order chi connectivity index (χ0) is 5.11. The molecule has 8 heavy (non-hydrogen) atoms. The van der Waals surface area contributed by atoms with Crippen molar-refractivity contribution >= 4 is 8.41 Å². The maximum absolute atomic E-state index is 5.63. The first kappa shape index (κ1) is 8.02. The van der Waals surface area contributed by atoms with Gasteiger partial charge in [-0.15, -0.1) is 0 Å². The van der Waals surface area contributed by atoms with Crippen LogP contribution in [0.3, 0.4) is 0 Å². The monoisotopic (exact) mass is 110 g/mol. The third-order valence-corrected chi connectivity index (χ3v) is 1.65. The van der Waals surface area contributed by atoms with Gasteiger partial charge >= 0.3 is 0 Å². The molecule has 1 fully saturated rings. The van der Waals surface area contributed by atoms with E-state index in [0.29, 0.717) is 6.04 Å². The van der Waals surface area contributed by atoms with Crippen molar-refractivity contribution in [1.82, 2.24) is 0 Å². The van der Waals surface area contributed by atoms with Gasteiger partial charge in [0.15, 0.2) is 0 Å². The van der Waals surface area contributed by atoms with Gasteiger partial charge in [0.2, 0.25) is 0 Å². The summed E-state index contributed by atoms with van der Waals surface area (Å²) in [6.07, 6.45) is 6.66. The molecule has 0 atom stereocenters. The first-order chi connectivity index (χ1) is 3.39. The van der Waals surface area contributed by atoms with E-state index in [1.165, 1.54) is 32.1 Å². The second-order valence-electron chi connectivity index (χ2n) is 2.40. The molecule has 1 aliphatic rings. The number of rotatable bonds is 0. The van der Waals surface area contributed by atoms with Crippen molar-refractivity contribution < 1.29 is 0 Å². The van der Waals surface area contributed by atoms with Crippen LogP contribution in [0.2, 0.25) is 0 Å². The molecule has 0 aromatic heterocycles. The maximum atomic E-state index is 5.63. The third kappa shape index (κ3) is 2.36. The van der Waals surface area contributed by atoms with Gasteiger partial charge < -0.3 is 5.73 Å². The summed E-state index contributed by atoms with van der Waals surface area (Å²) < 4.78 is 0. The average molecular weight is 110 g/mol. The zero-order valence-electron chi connectivity index (χ0n) is 5.27. The number of hydrogen-bond acceptors (Lipinski definition) is 1. The van der Waals surface area contributed by atoms with E-state index >= 15 is 0 Å². The molecule has 0 aliphatic heterocycles. The summed E-state index contributed by atoms with van der Waals surface area (Å²) in [6.45, 7) is 0. The molecule has 0 aromatic rings. The van der Waals surface area contributed by atoms with Gasteiger partial charge in [0, 0.05) is 14.5 Å². The minimum Gasteiger partial charge on any atom is -0.328 e. The molecule has 1 saturated carbocycles. The normalized spacial score (nSPS) is 22.1. The van der Waals surface area contributed by atoms with Crippen LogP contribution in [0, 0.1) is 0 Å². The van der Waals surface area contributed by atoms with Crippen molar-refractivity contribution in [2.45, 2.75) is 38.1 Å². The Bertz CT molecular complexity index is 50.5. The second-order valence-corrected chi connectivity index (χ2v) is 2.40. The van der Waals surface area contributed by atoms with Gasteiger partial charge in [-0.2, -0.15) is 0 Å². The smallest absolute Gasteiger partial charge is 0.00388 e. The Kier molecular flexibility index (Phi) is 3.97. The van der Waals surface area contributed by atoms with Crippen molar-refractivity contribution in [3.8, 4) is 0 Å². The molecule has 0 amide bonds. The van der Waals surface area contributed by atoms with Gasteiger partial charge in [-0.05, 0) is 12.8 Å². The SMILES string of the molecule is NC1CCCCC1.[B]. The lowest BCUT2D eigenvalue weighted by Gasteiger charge is -2.15. The molecular weight excluding hydrogens is 96.9 g/mol. The Balaban J connectivity index is 0.000000490. The molecule has 0 bridgehead atoms. The van der Waals surface area contributed by atoms with Crippen molar-refractivity contribution in [3.63, 3.8) is 0 Å². The topological polar surface area (TPSA) is 26.0 Å². The molecule has 0 saturated heterocycles. The third-order valence-electron chi connectivity index (χ3n) is 1.65. The van der Waals surface area contributed by atoms with Gasteiger partial charge in [-0.25, -0.2) is 0 Å². The van der Waals surface area contributed by atoms with E-state index in [1.807, 2.05) is 0 Å². The highest BCUT2D eigenvalue weighted by molar-refractivity contribution is 5.75. The van der Waals surface area contributed by atoms with Crippen LogP contribution in [0.5, 0.6) is 0 Å². The molecule has 45 valence electrons. The quantitative estimate of drug-likeness (QED) is 0.460. The van der Waals surface area contributed by atoms with Gasteiger partial charge in [-0.1, -0.05) is 19.3 Å². The summed E-state index contributed by atoms with van der Waals surface area (Å²) in [5.41, 5.74) is 5.63. The first-order valence-corrected chi connectivity index (χ1v) is 3.15. The van der Waals surface area contributed by atoms with E-state index in [1.54, 1.807) is 0 Å². The minimum absolute atomic E-state index is 0. The summed E-state index contributed by atoms with van der Waals surface area (Å²) >= 11 is 0. The summed E-state index contributed by atoms with van der Waals surface area (Å²) in [5, 5.41) is 0. The highest BCUT2D eigenvalue weighted by atomic mass is 14.6.